The molecule has 0 aliphatic carbocycles. The van der Waals surface area contributed by atoms with Gasteiger partial charge >= 0.3 is 5.91 Å². The van der Waals surface area contributed by atoms with E-state index in [1.807, 2.05) is 13.8 Å². The molecular formula is C32H34N2O7S. The van der Waals surface area contributed by atoms with Gasteiger partial charge in [0, 0.05) is 18.9 Å². The van der Waals surface area contributed by atoms with Crippen LogP contribution in [0.3, 0.4) is 0 Å². The molecule has 0 spiro atoms. The van der Waals surface area contributed by atoms with Crippen LogP contribution in [-0.4, -0.2) is 46.9 Å². The summed E-state index contributed by atoms with van der Waals surface area (Å²) in [4.78, 5) is 45.7. The number of anilines is 1. The fourth-order valence-corrected chi connectivity index (χ4v) is 6.28. The number of ether oxygens (including phenoxy) is 3. The summed E-state index contributed by atoms with van der Waals surface area (Å²) in [6.45, 7) is 9.89. The quantitative estimate of drug-likeness (QED) is 0.0979. The zero-order chi connectivity index (χ0) is 30.1. The fourth-order valence-electron chi connectivity index (χ4n) is 5.29. The molecule has 2 aliphatic heterocycles. The molecule has 1 amide bonds. The number of fused-ring (bicyclic) bond motifs is 1. The van der Waals surface area contributed by atoms with Gasteiger partial charge in [0.2, 0.25) is 0 Å². The molecule has 1 N–H and O–H groups in total. The van der Waals surface area contributed by atoms with E-state index >= 15 is 0 Å². The van der Waals surface area contributed by atoms with E-state index in [2.05, 4.69) is 11.9 Å². The van der Waals surface area contributed by atoms with Crippen molar-refractivity contribution in [2.45, 2.75) is 66.0 Å². The molecule has 0 radical (unpaired) electrons. The van der Waals surface area contributed by atoms with Crippen molar-refractivity contribution in [3.8, 4) is 17.2 Å². The molecule has 2 aliphatic rings. The van der Waals surface area contributed by atoms with Crippen molar-refractivity contribution in [2.75, 3.05) is 18.1 Å². The number of carbonyl (C=O) groups is 3. The van der Waals surface area contributed by atoms with Crippen molar-refractivity contribution in [1.29, 1.82) is 0 Å². The number of Topliss-reactive ketones (excluding diaryl/α,β-unsaturated/α-hetero) is 2. The summed E-state index contributed by atoms with van der Waals surface area (Å²) in [6, 6.07) is 9.43. The third-order valence-electron chi connectivity index (χ3n) is 7.26. The Morgan fingerprint density at radius 3 is 2.62 bits per heavy atom. The highest BCUT2D eigenvalue weighted by Gasteiger charge is 2.48. The molecule has 5 rings (SSSR count). The summed E-state index contributed by atoms with van der Waals surface area (Å²) >= 11 is 1.04. The number of thiazole rings is 1. The average Bonchev–Trinajstić information content (AvgIpc) is 3.61. The highest BCUT2D eigenvalue weighted by Crippen LogP contribution is 2.46. The van der Waals surface area contributed by atoms with Crippen LogP contribution in [0.4, 0.5) is 5.13 Å². The predicted molar refractivity (Wildman–Crippen MR) is 160 cm³/mol. The number of aryl methyl sites for hydroxylation is 1. The van der Waals surface area contributed by atoms with Gasteiger partial charge in [0.1, 0.15) is 17.6 Å². The molecule has 42 heavy (non-hydrogen) atoms. The number of aliphatic hydroxyl groups excluding tert-OH is 1. The highest BCUT2D eigenvalue weighted by atomic mass is 32.1. The largest absolute Gasteiger partial charge is 0.507 e. The minimum Gasteiger partial charge on any atom is -0.507 e. The lowest BCUT2D eigenvalue weighted by Crippen LogP contribution is -2.29. The summed E-state index contributed by atoms with van der Waals surface area (Å²) in [5, 5.41) is 11.8. The fraction of sp³-hybridized carbons (Fsp3) is 0.375. The third-order valence-corrected chi connectivity index (χ3v) is 8.52. The molecule has 1 fully saturated rings. The van der Waals surface area contributed by atoms with Gasteiger partial charge in [0.05, 0.1) is 35.4 Å². The van der Waals surface area contributed by atoms with Crippen LogP contribution in [0.25, 0.3) is 5.76 Å². The maximum atomic E-state index is 13.7. The number of hydrogen-bond donors (Lipinski definition) is 1. The first kappa shape index (κ1) is 29.3. The van der Waals surface area contributed by atoms with Gasteiger partial charge in [-0.15, -0.1) is 0 Å². The first-order valence-electron chi connectivity index (χ1n) is 14.1. The van der Waals surface area contributed by atoms with E-state index in [1.54, 1.807) is 43.3 Å². The molecule has 3 heterocycles. The lowest BCUT2D eigenvalue weighted by atomic mass is 9.94. The third kappa shape index (κ3) is 5.38. The van der Waals surface area contributed by atoms with Crippen LogP contribution in [0.5, 0.6) is 17.2 Å². The van der Waals surface area contributed by atoms with Crippen molar-refractivity contribution in [3.63, 3.8) is 0 Å². The topological polar surface area (TPSA) is 115 Å². The molecule has 0 unspecified atom stereocenters. The standard InChI is InChI=1S/C32H34N2O7S/c1-6-8-13-40-24-12-9-20(16-25(24)39-7-2)27-26(28(36)21-10-11-23-22(15-21)14-17(3)41-23)29(37)31(38)34(27)32-33-18(4)30(42-32)19(5)35/h9-12,15-17,27,36H,6-8,13-14H2,1-5H3/b28-26+/t17-,27+/m1/s1. The zero-order valence-electron chi connectivity index (χ0n) is 24.4. The number of ketones is 2. The van der Waals surface area contributed by atoms with Crippen LogP contribution >= 0.6 is 11.3 Å². The second-order valence-electron chi connectivity index (χ2n) is 10.4. The number of nitrogens with zero attached hydrogens (tertiary/aromatic N) is 2. The van der Waals surface area contributed by atoms with Crippen molar-refractivity contribution in [1.82, 2.24) is 4.98 Å². The number of aliphatic hydroxyl groups is 1. The molecule has 9 nitrogen and oxygen atoms in total. The van der Waals surface area contributed by atoms with Gasteiger partial charge in [-0.1, -0.05) is 30.7 Å². The van der Waals surface area contributed by atoms with E-state index in [4.69, 9.17) is 14.2 Å². The van der Waals surface area contributed by atoms with E-state index in [0.717, 1.165) is 35.5 Å². The van der Waals surface area contributed by atoms with Gasteiger partial charge in [0.15, 0.2) is 22.4 Å². The summed E-state index contributed by atoms with van der Waals surface area (Å²) in [7, 11) is 0. The number of carbonyl (C=O) groups excluding carboxylic acids is 3. The van der Waals surface area contributed by atoms with Crippen LogP contribution in [0.15, 0.2) is 42.0 Å². The molecule has 1 aromatic heterocycles. The molecule has 0 saturated carbocycles. The SMILES string of the molecule is CCCCOc1ccc([C@H]2/C(=C(\O)c3ccc4c(c3)C[C@@H](C)O4)C(=O)C(=O)N2c2nc(C)c(C(C)=O)s2)cc1OCC. The summed E-state index contributed by atoms with van der Waals surface area (Å²) in [5.41, 5.74) is 2.22. The lowest BCUT2D eigenvalue weighted by Gasteiger charge is -2.24. The van der Waals surface area contributed by atoms with Gasteiger partial charge in [-0.05, 0) is 68.7 Å². The van der Waals surface area contributed by atoms with Crippen molar-refractivity contribution in [3.05, 3.63) is 69.2 Å². The summed E-state index contributed by atoms with van der Waals surface area (Å²) in [5.74, 6) is -0.449. The Morgan fingerprint density at radius 2 is 1.93 bits per heavy atom. The number of benzene rings is 2. The molecular weight excluding hydrogens is 556 g/mol. The molecule has 0 bridgehead atoms. The Morgan fingerprint density at radius 1 is 1.14 bits per heavy atom. The Bertz CT molecular complexity index is 1590. The molecule has 1 saturated heterocycles. The Labute approximate surface area is 248 Å². The summed E-state index contributed by atoms with van der Waals surface area (Å²) < 4.78 is 17.6. The van der Waals surface area contributed by atoms with Crippen molar-refractivity contribution >= 4 is 39.7 Å². The Hall–Kier alpha value is -4.18. The first-order valence-corrected chi connectivity index (χ1v) is 14.9. The first-order chi connectivity index (χ1) is 20.1. The number of hydrogen-bond acceptors (Lipinski definition) is 9. The second kappa shape index (κ2) is 12.0. The van der Waals surface area contributed by atoms with Crippen LogP contribution in [0.1, 0.15) is 78.6 Å². The van der Waals surface area contributed by atoms with Gasteiger partial charge in [-0.2, -0.15) is 0 Å². The van der Waals surface area contributed by atoms with Crippen LogP contribution in [0, 0.1) is 6.92 Å². The van der Waals surface area contributed by atoms with Gasteiger partial charge in [-0.25, -0.2) is 4.98 Å². The average molecular weight is 591 g/mol. The Kier molecular flexibility index (Phi) is 8.36. The minimum atomic E-state index is -1.03. The normalized spacial score (nSPS) is 19.1. The van der Waals surface area contributed by atoms with E-state index in [-0.39, 0.29) is 28.4 Å². The predicted octanol–water partition coefficient (Wildman–Crippen LogP) is 6.18. The molecule has 3 aromatic rings. The van der Waals surface area contributed by atoms with Gasteiger partial charge in [-0.3, -0.25) is 19.3 Å². The highest BCUT2D eigenvalue weighted by molar-refractivity contribution is 7.18. The van der Waals surface area contributed by atoms with Gasteiger partial charge in [0.25, 0.3) is 5.78 Å². The minimum absolute atomic E-state index is 0.00152. The lowest BCUT2D eigenvalue weighted by molar-refractivity contribution is -0.132. The molecule has 220 valence electrons. The molecule has 2 aromatic carbocycles. The van der Waals surface area contributed by atoms with E-state index < -0.39 is 17.7 Å². The smallest absolute Gasteiger partial charge is 0.301 e. The maximum absolute atomic E-state index is 13.7. The van der Waals surface area contributed by atoms with E-state index in [1.165, 1.54) is 11.8 Å². The summed E-state index contributed by atoms with van der Waals surface area (Å²) in [6.07, 6.45) is 2.51. The number of amides is 1. The van der Waals surface area contributed by atoms with Crippen molar-refractivity contribution in [2.24, 2.45) is 0 Å². The van der Waals surface area contributed by atoms with E-state index in [9.17, 15) is 19.5 Å². The van der Waals surface area contributed by atoms with Crippen molar-refractivity contribution < 1.29 is 33.7 Å². The van der Waals surface area contributed by atoms with Crippen LogP contribution in [0.2, 0.25) is 0 Å². The Balaban J connectivity index is 1.68. The zero-order valence-corrected chi connectivity index (χ0v) is 25.2. The maximum Gasteiger partial charge on any atom is 0.301 e. The van der Waals surface area contributed by atoms with Crippen LogP contribution in [-0.2, 0) is 16.0 Å². The number of aromatic nitrogens is 1. The number of rotatable bonds is 10. The monoisotopic (exact) mass is 590 g/mol. The second-order valence-corrected chi connectivity index (χ2v) is 11.4. The van der Waals surface area contributed by atoms with Crippen LogP contribution < -0.4 is 19.1 Å². The molecule has 2 atom stereocenters. The molecule has 10 heteroatoms. The number of unbranched alkanes of at least 4 members (excludes halogenated alkanes) is 1. The van der Waals surface area contributed by atoms with E-state index in [0.29, 0.717) is 52.8 Å². The van der Waals surface area contributed by atoms with Gasteiger partial charge < -0.3 is 19.3 Å².